The van der Waals surface area contributed by atoms with E-state index < -0.39 is 5.60 Å². The minimum atomic E-state index is -0.429. The highest BCUT2D eigenvalue weighted by atomic mass is 32.1. The number of thiazole rings is 1. The Morgan fingerprint density at radius 2 is 2.36 bits per heavy atom. The summed E-state index contributed by atoms with van der Waals surface area (Å²) in [4.78, 5) is 18.3. The molecule has 1 fully saturated rings. The fraction of sp³-hybridized carbons (Fsp3) is 0.750. The van der Waals surface area contributed by atoms with Gasteiger partial charge in [0.2, 0.25) is 0 Å². The summed E-state index contributed by atoms with van der Waals surface area (Å²) >= 11 is 1.67. The number of nitrogens with zero attached hydrogens (tertiary/aromatic N) is 2. The van der Waals surface area contributed by atoms with Gasteiger partial charge in [0.1, 0.15) is 10.6 Å². The molecule has 1 aromatic heterocycles. The number of amides is 1. The molecular formula is C16H27N3O2S. The second-order valence-electron chi connectivity index (χ2n) is 6.93. The molecule has 0 radical (unpaired) electrons. The van der Waals surface area contributed by atoms with Crippen LogP contribution in [0.15, 0.2) is 11.6 Å². The first kappa shape index (κ1) is 17.2. The molecule has 0 unspecified atom stereocenters. The monoisotopic (exact) mass is 325 g/mol. The van der Waals surface area contributed by atoms with E-state index in [1.165, 1.54) is 0 Å². The average molecular weight is 325 g/mol. The molecule has 124 valence electrons. The summed E-state index contributed by atoms with van der Waals surface area (Å²) < 4.78 is 5.47. The summed E-state index contributed by atoms with van der Waals surface area (Å²) in [5.41, 5.74) is -0.429. The van der Waals surface area contributed by atoms with E-state index in [0.717, 1.165) is 37.5 Å². The third kappa shape index (κ3) is 5.25. The third-order valence-electron chi connectivity index (χ3n) is 3.71. The van der Waals surface area contributed by atoms with Crippen LogP contribution in [0.2, 0.25) is 0 Å². The average Bonchev–Trinajstić information content (AvgIpc) is 2.97. The van der Waals surface area contributed by atoms with Gasteiger partial charge in [0.15, 0.2) is 0 Å². The van der Waals surface area contributed by atoms with E-state index in [0.29, 0.717) is 5.92 Å². The summed E-state index contributed by atoms with van der Waals surface area (Å²) in [7, 11) is 0. The number of rotatable bonds is 4. The van der Waals surface area contributed by atoms with E-state index in [1.807, 2.05) is 37.2 Å². The van der Waals surface area contributed by atoms with Gasteiger partial charge in [0.05, 0.1) is 6.04 Å². The standard InChI is InChI=1S/C16H27N3O2S/c1-12(14-17-7-9-22-14)18-10-13-6-5-8-19(11-13)15(20)21-16(2,3)4/h7,9,12-13,18H,5-6,8,10-11H2,1-4H3/t12-,13+/m0/s1. The van der Waals surface area contributed by atoms with Crippen LogP contribution < -0.4 is 5.32 Å². The number of nitrogens with one attached hydrogen (secondary N) is 1. The molecule has 2 rings (SSSR count). The molecule has 6 heteroatoms. The fourth-order valence-electron chi connectivity index (χ4n) is 2.60. The molecule has 0 aromatic carbocycles. The minimum absolute atomic E-state index is 0.190. The first-order valence-electron chi connectivity index (χ1n) is 7.96. The molecule has 0 saturated carbocycles. The van der Waals surface area contributed by atoms with Crippen LogP contribution in [-0.4, -0.2) is 41.2 Å². The van der Waals surface area contributed by atoms with Crippen LogP contribution in [0.1, 0.15) is 51.6 Å². The lowest BCUT2D eigenvalue weighted by Gasteiger charge is -2.34. The largest absolute Gasteiger partial charge is 0.444 e. The van der Waals surface area contributed by atoms with Crippen LogP contribution in [-0.2, 0) is 4.74 Å². The summed E-state index contributed by atoms with van der Waals surface area (Å²) in [6.45, 7) is 10.3. The van der Waals surface area contributed by atoms with Crippen molar-refractivity contribution in [3.63, 3.8) is 0 Å². The van der Waals surface area contributed by atoms with Crippen LogP contribution in [0.25, 0.3) is 0 Å². The second kappa shape index (κ2) is 7.42. The van der Waals surface area contributed by atoms with Crippen molar-refractivity contribution in [2.45, 2.75) is 52.2 Å². The number of likely N-dealkylation sites (tertiary alicyclic amines) is 1. The zero-order chi connectivity index (χ0) is 16.2. The van der Waals surface area contributed by atoms with E-state index in [2.05, 4.69) is 17.2 Å². The summed E-state index contributed by atoms with van der Waals surface area (Å²) in [6.07, 6.45) is 3.84. The van der Waals surface area contributed by atoms with Gasteiger partial charge in [-0.1, -0.05) is 0 Å². The zero-order valence-corrected chi connectivity index (χ0v) is 14.8. The highest BCUT2D eigenvalue weighted by Gasteiger charge is 2.27. The summed E-state index contributed by atoms with van der Waals surface area (Å²) in [5.74, 6) is 0.476. The Morgan fingerprint density at radius 1 is 1.59 bits per heavy atom. The van der Waals surface area contributed by atoms with Crippen molar-refractivity contribution in [2.24, 2.45) is 5.92 Å². The number of aromatic nitrogens is 1. The van der Waals surface area contributed by atoms with E-state index in [1.54, 1.807) is 11.3 Å². The van der Waals surface area contributed by atoms with Gasteiger partial charge in [0, 0.05) is 31.2 Å². The van der Waals surface area contributed by atoms with Gasteiger partial charge in [-0.3, -0.25) is 0 Å². The van der Waals surface area contributed by atoms with Crippen molar-refractivity contribution in [3.05, 3.63) is 16.6 Å². The van der Waals surface area contributed by atoms with Crippen molar-refractivity contribution in [3.8, 4) is 0 Å². The molecule has 1 N–H and O–H groups in total. The number of carbonyl (C=O) groups is 1. The molecule has 1 saturated heterocycles. The Morgan fingerprint density at radius 3 is 3.00 bits per heavy atom. The molecule has 5 nitrogen and oxygen atoms in total. The Labute approximate surface area is 137 Å². The van der Waals surface area contributed by atoms with E-state index in [4.69, 9.17) is 4.74 Å². The Bertz CT molecular complexity index is 470. The van der Waals surface area contributed by atoms with Gasteiger partial charge in [-0.05, 0) is 46.5 Å². The zero-order valence-electron chi connectivity index (χ0n) is 14.0. The predicted octanol–water partition coefficient (Wildman–Crippen LogP) is 3.44. The van der Waals surface area contributed by atoms with Gasteiger partial charge >= 0.3 is 6.09 Å². The maximum absolute atomic E-state index is 12.2. The summed E-state index contributed by atoms with van der Waals surface area (Å²) in [6, 6.07) is 0.261. The first-order chi connectivity index (χ1) is 10.3. The molecule has 1 amide bonds. The lowest BCUT2D eigenvalue weighted by atomic mass is 9.98. The van der Waals surface area contributed by atoms with Gasteiger partial charge in [-0.25, -0.2) is 9.78 Å². The van der Waals surface area contributed by atoms with Crippen LogP contribution >= 0.6 is 11.3 Å². The number of carbonyl (C=O) groups excluding carboxylic acids is 1. The number of piperidine rings is 1. The quantitative estimate of drug-likeness (QED) is 0.921. The van der Waals surface area contributed by atoms with E-state index in [9.17, 15) is 4.79 Å². The maximum Gasteiger partial charge on any atom is 0.410 e. The lowest BCUT2D eigenvalue weighted by molar-refractivity contribution is 0.0165. The molecule has 1 aliphatic rings. The van der Waals surface area contributed by atoms with Crippen LogP contribution in [0.3, 0.4) is 0 Å². The highest BCUT2D eigenvalue weighted by Crippen LogP contribution is 2.20. The predicted molar refractivity (Wildman–Crippen MR) is 89.1 cm³/mol. The van der Waals surface area contributed by atoms with E-state index in [-0.39, 0.29) is 12.1 Å². The molecule has 1 aromatic rings. The second-order valence-corrected chi connectivity index (χ2v) is 7.86. The Kier molecular flexibility index (Phi) is 5.81. The summed E-state index contributed by atoms with van der Waals surface area (Å²) in [5, 5.41) is 6.64. The number of ether oxygens (including phenoxy) is 1. The SMILES string of the molecule is C[C@H](NC[C@H]1CCCN(C(=O)OC(C)(C)C)C1)c1nccs1. The molecule has 0 aliphatic carbocycles. The van der Waals surface area contributed by atoms with Gasteiger partial charge < -0.3 is 15.0 Å². The smallest absolute Gasteiger partial charge is 0.410 e. The number of hydrogen-bond donors (Lipinski definition) is 1. The minimum Gasteiger partial charge on any atom is -0.444 e. The molecule has 2 atom stereocenters. The Hall–Kier alpha value is -1.14. The molecule has 1 aliphatic heterocycles. The third-order valence-corrected chi connectivity index (χ3v) is 4.66. The fourth-order valence-corrected chi connectivity index (χ4v) is 3.27. The Balaban J connectivity index is 1.79. The van der Waals surface area contributed by atoms with Crippen molar-refractivity contribution in [1.29, 1.82) is 0 Å². The van der Waals surface area contributed by atoms with Gasteiger partial charge in [0.25, 0.3) is 0 Å². The molecule has 0 bridgehead atoms. The maximum atomic E-state index is 12.2. The first-order valence-corrected chi connectivity index (χ1v) is 8.84. The normalized spacial score (nSPS) is 20.7. The van der Waals surface area contributed by atoms with Crippen molar-refractivity contribution in [2.75, 3.05) is 19.6 Å². The van der Waals surface area contributed by atoms with Crippen LogP contribution in [0.5, 0.6) is 0 Å². The van der Waals surface area contributed by atoms with Gasteiger partial charge in [-0.15, -0.1) is 11.3 Å². The van der Waals surface area contributed by atoms with Crippen molar-refractivity contribution < 1.29 is 9.53 Å². The number of hydrogen-bond acceptors (Lipinski definition) is 5. The van der Waals surface area contributed by atoms with Gasteiger partial charge in [-0.2, -0.15) is 0 Å². The van der Waals surface area contributed by atoms with Crippen molar-refractivity contribution >= 4 is 17.4 Å². The molecule has 2 heterocycles. The van der Waals surface area contributed by atoms with Crippen LogP contribution in [0.4, 0.5) is 4.79 Å². The molecular weight excluding hydrogens is 298 g/mol. The van der Waals surface area contributed by atoms with Crippen LogP contribution in [0, 0.1) is 5.92 Å². The highest BCUT2D eigenvalue weighted by molar-refractivity contribution is 7.09. The van der Waals surface area contributed by atoms with E-state index >= 15 is 0 Å². The molecule has 22 heavy (non-hydrogen) atoms. The van der Waals surface area contributed by atoms with Crippen molar-refractivity contribution in [1.82, 2.24) is 15.2 Å². The molecule has 0 spiro atoms. The topological polar surface area (TPSA) is 54.5 Å². The lowest BCUT2D eigenvalue weighted by Crippen LogP contribution is -2.45.